The summed E-state index contributed by atoms with van der Waals surface area (Å²) in [5, 5.41) is 19.1. The molecule has 45 heavy (non-hydrogen) atoms. The van der Waals surface area contributed by atoms with Crippen molar-refractivity contribution in [1.82, 2.24) is 4.90 Å². The van der Waals surface area contributed by atoms with Gasteiger partial charge in [0.2, 0.25) is 0 Å². The van der Waals surface area contributed by atoms with Gasteiger partial charge in [-0.1, -0.05) is 12.1 Å². The average Bonchev–Trinajstić information content (AvgIpc) is 3.00. The number of esters is 2. The fraction of sp³-hybridized carbons (Fsp3) is 0.344. The summed E-state index contributed by atoms with van der Waals surface area (Å²) in [6.45, 7) is 6.96. The van der Waals surface area contributed by atoms with Gasteiger partial charge in [0, 0.05) is 25.2 Å². The quantitative estimate of drug-likeness (QED) is 0.0598. The van der Waals surface area contributed by atoms with E-state index in [-0.39, 0.29) is 36.7 Å². The fourth-order valence-corrected chi connectivity index (χ4v) is 4.30. The molecule has 1 aliphatic rings. The van der Waals surface area contributed by atoms with Crippen LogP contribution in [0.3, 0.4) is 0 Å². The van der Waals surface area contributed by atoms with Crippen LogP contribution < -0.4 is 4.74 Å². The molecule has 0 radical (unpaired) electrons. The number of hydrogen-bond acceptors (Lipinski definition) is 12. The summed E-state index contributed by atoms with van der Waals surface area (Å²) in [6, 6.07) is 18.5. The predicted octanol–water partition coefficient (Wildman–Crippen LogP) is 6.69. The summed E-state index contributed by atoms with van der Waals surface area (Å²) in [6.07, 6.45) is 0.109. The summed E-state index contributed by atoms with van der Waals surface area (Å²) in [5.74, 6) is -0.556. The van der Waals surface area contributed by atoms with Gasteiger partial charge in [-0.25, -0.2) is 9.59 Å². The normalized spacial score (nSPS) is 14.1. The zero-order valence-electron chi connectivity index (χ0n) is 25.2. The maximum absolute atomic E-state index is 12.6. The second kappa shape index (κ2) is 15.0. The minimum Gasteiger partial charge on any atom is -0.459 e. The van der Waals surface area contributed by atoms with Gasteiger partial charge in [0.25, 0.3) is 5.69 Å². The molecule has 0 aliphatic carbocycles. The average molecular weight is 619 g/mol. The highest BCUT2D eigenvalue weighted by molar-refractivity contribution is 5.89. The Morgan fingerprint density at radius 3 is 2.02 bits per heavy atom. The molecule has 0 unspecified atom stereocenters. The van der Waals surface area contributed by atoms with E-state index in [0.717, 1.165) is 0 Å². The molecular weight excluding hydrogens is 584 g/mol. The number of benzene rings is 3. The maximum atomic E-state index is 12.6. The summed E-state index contributed by atoms with van der Waals surface area (Å²) in [5.41, 5.74) is 1.56. The monoisotopic (exact) mass is 618 g/mol. The molecule has 13 heteroatoms. The van der Waals surface area contributed by atoms with E-state index in [1.165, 1.54) is 24.3 Å². The van der Waals surface area contributed by atoms with Gasteiger partial charge >= 0.3 is 18.1 Å². The minimum atomic E-state index is -0.944. The predicted molar refractivity (Wildman–Crippen MR) is 162 cm³/mol. The van der Waals surface area contributed by atoms with Crippen molar-refractivity contribution in [2.45, 2.75) is 51.9 Å². The Bertz CT molecular complexity index is 1510. The SMILES string of the molecule is CC(C)(C)OC(=O)CN1CCC(OC(=O)c2ccc(N=Nc3ccc(COC(=O)Oc4ccc([N+](=O)[O-])cc4)cc3)cc2)CC1. The molecule has 3 aromatic carbocycles. The van der Waals surface area contributed by atoms with E-state index in [0.29, 0.717) is 48.4 Å². The molecule has 236 valence electrons. The summed E-state index contributed by atoms with van der Waals surface area (Å²) in [7, 11) is 0. The van der Waals surface area contributed by atoms with Gasteiger partial charge in [-0.2, -0.15) is 10.2 Å². The zero-order chi connectivity index (χ0) is 32.4. The maximum Gasteiger partial charge on any atom is 0.514 e. The van der Waals surface area contributed by atoms with Gasteiger partial charge in [0.05, 0.1) is 28.4 Å². The third-order valence-corrected chi connectivity index (χ3v) is 6.51. The van der Waals surface area contributed by atoms with Crippen LogP contribution in [0.25, 0.3) is 0 Å². The Morgan fingerprint density at radius 2 is 1.47 bits per heavy atom. The molecule has 1 saturated heterocycles. The molecule has 0 bridgehead atoms. The van der Waals surface area contributed by atoms with Crippen molar-refractivity contribution in [3.63, 3.8) is 0 Å². The Labute approximate surface area is 259 Å². The second-order valence-corrected chi connectivity index (χ2v) is 11.3. The second-order valence-electron chi connectivity index (χ2n) is 11.3. The summed E-state index contributed by atoms with van der Waals surface area (Å²) in [4.78, 5) is 48.8. The molecule has 0 saturated carbocycles. The lowest BCUT2D eigenvalue weighted by atomic mass is 10.1. The van der Waals surface area contributed by atoms with Crippen LogP contribution in [0.15, 0.2) is 83.0 Å². The third kappa shape index (κ3) is 10.8. The number of carbonyl (C=O) groups is 3. The lowest BCUT2D eigenvalue weighted by Crippen LogP contribution is -2.42. The lowest BCUT2D eigenvalue weighted by Gasteiger charge is -2.31. The number of rotatable bonds is 10. The van der Waals surface area contributed by atoms with Crippen LogP contribution in [0, 0.1) is 10.1 Å². The number of hydrogen-bond donors (Lipinski definition) is 0. The van der Waals surface area contributed by atoms with E-state index in [1.54, 1.807) is 48.5 Å². The van der Waals surface area contributed by atoms with Crippen LogP contribution in [0.4, 0.5) is 21.9 Å². The Morgan fingerprint density at radius 1 is 0.889 bits per heavy atom. The Hall–Kier alpha value is -5.17. The zero-order valence-corrected chi connectivity index (χ0v) is 25.2. The number of carbonyl (C=O) groups excluding carboxylic acids is 3. The molecule has 0 spiro atoms. The number of non-ortho nitro benzene ring substituents is 1. The molecule has 3 aromatic rings. The van der Waals surface area contributed by atoms with Crippen molar-refractivity contribution in [2.24, 2.45) is 10.2 Å². The van der Waals surface area contributed by atoms with Crippen molar-refractivity contribution in [2.75, 3.05) is 19.6 Å². The molecule has 0 N–H and O–H groups in total. The van der Waals surface area contributed by atoms with Crippen LogP contribution in [-0.2, 0) is 25.6 Å². The first-order valence-electron chi connectivity index (χ1n) is 14.3. The molecular formula is C32H34N4O9. The van der Waals surface area contributed by atoms with Crippen molar-refractivity contribution in [1.29, 1.82) is 0 Å². The van der Waals surface area contributed by atoms with Crippen molar-refractivity contribution < 1.29 is 38.3 Å². The molecule has 1 aliphatic heterocycles. The van der Waals surface area contributed by atoms with Gasteiger partial charge in [0.1, 0.15) is 24.1 Å². The van der Waals surface area contributed by atoms with Gasteiger partial charge < -0.3 is 18.9 Å². The van der Waals surface area contributed by atoms with Crippen molar-refractivity contribution in [3.05, 3.63) is 94.0 Å². The van der Waals surface area contributed by atoms with E-state index in [1.807, 2.05) is 25.7 Å². The van der Waals surface area contributed by atoms with E-state index in [2.05, 4.69) is 10.2 Å². The number of nitro benzene ring substituents is 1. The largest absolute Gasteiger partial charge is 0.514 e. The standard InChI is InChI=1S/C32H34N4O9/c1-32(2,3)45-29(37)20-35-18-16-28(17-19-35)43-30(38)23-6-10-25(11-7-23)34-33-24-8-4-22(5-9-24)21-42-31(39)44-27-14-12-26(13-15-27)36(40)41/h4-15,28H,16-21H2,1-3H3. The van der Waals surface area contributed by atoms with E-state index in [9.17, 15) is 24.5 Å². The first-order valence-corrected chi connectivity index (χ1v) is 14.3. The number of ether oxygens (including phenoxy) is 4. The first-order chi connectivity index (χ1) is 21.4. The summed E-state index contributed by atoms with van der Waals surface area (Å²) >= 11 is 0. The number of likely N-dealkylation sites (tertiary alicyclic amines) is 1. The molecule has 0 atom stereocenters. The molecule has 1 heterocycles. The summed E-state index contributed by atoms with van der Waals surface area (Å²) < 4.78 is 21.1. The molecule has 0 amide bonds. The highest BCUT2D eigenvalue weighted by Crippen LogP contribution is 2.22. The van der Waals surface area contributed by atoms with E-state index >= 15 is 0 Å². The van der Waals surface area contributed by atoms with Crippen LogP contribution >= 0.6 is 0 Å². The van der Waals surface area contributed by atoms with Gasteiger partial charge in [-0.05, 0) is 87.7 Å². The molecule has 1 fully saturated rings. The third-order valence-electron chi connectivity index (χ3n) is 6.51. The van der Waals surface area contributed by atoms with Crippen LogP contribution in [0.2, 0.25) is 0 Å². The van der Waals surface area contributed by atoms with Gasteiger partial charge in [0.15, 0.2) is 0 Å². The Balaban J connectivity index is 1.18. The smallest absolute Gasteiger partial charge is 0.459 e. The van der Waals surface area contributed by atoms with Gasteiger partial charge in [-0.15, -0.1) is 0 Å². The molecule has 4 rings (SSSR count). The topological polar surface area (TPSA) is 159 Å². The van der Waals surface area contributed by atoms with Gasteiger partial charge in [-0.3, -0.25) is 19.8 Å². The van der Waals surface area contributed by atoms with Crippen LogP contribution in [0.5, 0.6) is 5.75 Å². The number of nitrogens with zero attached hydrogens (tertiary/aromatic N) is 4. The Kier molecular flexibility index (Phi) is 10.9. The van der Waals surface area contributed by atoms with E-state index in [4.69, 9.17) is 18.9 Å². The lowest BCUT2D eigenvalue weighted by molar-refractivity contribution is -0.384. The fourth-order valence-electron chi connectivity index (χ4n) is 4.30. The van der Waals surface area contributed by atoms with Crippen LogP contribution in [-0.4, -0.2) is 59.3 Å². The van der Waals surface area contributed by atoms with Crippen molar-refractivity contribution in [3.8, 4) is 5.75 Å². The molecule has 13 nitrogen and oxygen atoms in total. The van der Waals surface area contributed by atoms with Crippen LogP contribution in [0.1, 0.15) is 49.5 Å². The van der Waals surface area contributed by atoms with Crippen molar-refractivity contribution >= 4 is 35.2 Å². The highest BCUT2D eigenvalue weighted by atomic mass is 16.7. The number of piperidine rings is 1. The van der Waals surface area contributed by atoms with E-state index < -0.39 is 22.6 Å². The highest BCUT2D eigenvalue weighted by Gasteiger charge is 2.26. The number of azo groups is 1. The minimum absolute atomic E-state index is 0.0496. The number of nitro groups is 1. The first kappa shape index (κ1) is 32.7. The molecule has 0 aromatic heterocycles.